The van der Waals surface area contributed by atoms with Crippen molar-refractivity contribution in [3.05, 3.63) is 52.0 Å². The molecule has 2 aromatic carbocycles. The number of aliphatic carboxylic acids is 1. The molecule has 2 aromatic rings. The van der Waals surface area contributed by atoms with Crippen LogP contribution in [-0.2, 0) is 21.2 Å². The number of hydrogen-bond donors (Lipinski definition) is 2. The summed E-state index contributed by atoms with van der Waals surface area (Å²) >= 11 is 12.4. The molecule has 0 aliphatic heterocycles. The number of sulfonamides is 1. The van der Waals surface area contributed by atoms with Gasteiger partial charge in [-0.15, -0.1) is 0 Å². The Bertz CT molecular complexity index is 955. The molecule has 0 radical (unpaired) electrons. The van der Waals surface area contributed by atoms with E-state index in [0.29, 0.717) is 23.4 Å². The third-order valence-corrected chi connectivity index (χ3v) is 6.46. The summed E-state index contributed by atoms with van der Waals surface area (Å²) in [5.74, 6) is -0.288. The zero-order valence-electron chi connectivity index (χ0n) is 17.4. The molecule has 0 aliphatic rings. The van der Waals surface area contributed by atoms with Crippen molar-refractivity contribution >= 4 is 44.9 Å². The summed E-state index contributed by atoms with van der Waals surface area (Å²) in [6, 6.07) is 9.35. The van der Waals surface area contributed by atoms with Gasteiger partial charge in [0.2, 0.25) is 10.0 Å². The minimum atomic E-state index is -3.41. The smallest absolute Gasteiger partial charge is 0.307 e. The number of nitrogens with one attached hydrogen (secondary N) is 1. The second kappa shape index (κ2) is 12.2. The van der Waals surface area contributed by atoms with E-state index in [-0.39, 0.29) is 28.0 Å². The third kappa shape index (κ3) is 8.97. The Hall–Kier alpha value is -1.96. The highest BCUT2D eigenvalue weighted by atomic mass is 35.5. The summed E-state index contributed by atoms with van der Waals surface area (Å²) in [6.45, 7) is 2.14. The minimum absolute atomic E-state index is 0.0886. The molecule has 2 rings (SSSR count). The van der Waals surface area contributed by atoms with Gasteiger partial charge in [-0.1, -0.05) is 62.2 Å². The fourth-order valence-corrected chi connectivity index (χ4v) is 4.79. The molecule has 0 fully saturated rings. The second-order valence-corrected chi connectivity index (χ2v) is 9.93. The molecule has 9 heteroatoms. The maximum Gasteiger partial charge on any atom is 0.307 e. The Morgan fingerprint density at radius 2 is 1.58 bits per heavy atom. The van der Waals surface area contributed by atoms with Crippen molar-refractivity contribution in [2.75, 3.05) is 10.5 Å². The largest absolute Gasteiger partial charge is 0.481 e. The number of carbonyl (C=O) groups is 1. The number of anilines is 1. The normalized spacial score (nSPS) is 11.3. The van der Waals surface area contributed by atoms with Gasteiger partial charge in [0.15, 0.2) is 5.75 Å². The molecule has 0 unspecified atom stereocenters. The Morgan fingerprint density at radius 3 is 2.16 bits per heavy atom. The Morgan fingerprint density at radius 1 is 1.00 bits per heavy atom. The first kappa shape index (κ1) is 25.3. The fraction of sp³-hybridized carbons (Fsp3) is 0.409. The van der Waals surface area contributed by atoms with Crippen molar-refractivity contribution in [3.8, 4) is 11.5 Å². The van der Waals surface area contributed by atoms with Crippen LogP contribution < -0.4 is 9.46 Å². The first-order valence-corrected chi connectivity index (χ1v) is 12.6. The van der Waals surface area contributed by atoms with Gasteiger partial charge in [0.1, 0.15) is 5.75 Å². The van der Waals surface area contributed by atoms with Gasteiger partial charge in [0.05, 0.1) is 22.2 Å². The molecule has 0 heterocycles. The molecule has 0 aromatic heterocycles. The van der Waals surface area contributed by atoms with Crippen LogP contribution in [0.2, 0.25) is 10.0 Å². The average molecular weight is 488 g/mol. The standard InChI is InChI=1S/C22H27Cl2NO5S/c1-2-3-4-5-6-7-12-31(28,29)25-17-8-10-18(11-9-17)30-22-19(23)13-16(14-20(22)24)15-21(26)27/h8-11,13-14,25H,2-7,12,15H2,1H3,(H,26,27). The molecule has 0 amide bonds. The van der Waals surface area contributed by atoms with E-state index in [9.17, 15) is 13.2 Å². The van der Waals surface area contributed by atoms with Gasteiger partial charge in [-0.05, 0) is 48.4 Å². The highest BCUT2D eigenvalue weighted by Crippen LogP contribution is 2.37. The average Bonchev–Trinajstić information content (AvgIpc) is 2.68. The van der Waals surface area contributed by atoms with Crippen molar-refractivity contribution in [1.82, 2.24) is 0 Å². The maximum absolute atomic E-state index is 12.2. The van der Waals surface area contributed by atoms with E-state index < -0.39 is 16.0 Å². The van der Waals surface area contributed by atoms with Gasteiger partial charge in [-0.3, -0.25) is 9.52 Å². The first-order chi connectivity index (χ1) is 14.7. The summed E-state index contributed by atoms with van der Waals surface area (Å²) in [5, 5.41) is 9.26. The first-order valence-electron chi connectivity index (χ1n) is 10.2. The molecule has 0 spiro atoms. The van der Waals surface area contributed by atoms with E-state index >= 15 is 0 Å². The quantitative estimate of drug-likeness (QED) is 0.314. The van der Waals surface area contributed by atoms with Gasteiger partial charge >= 0.3 is 5.97 Å². The lowest BCUT2D eigenvalue weighted by molar-refractivity contribution is -0.136. The maximum atomic E-state index is 12.2. The van der Waals surface area contributed by atoms with E-state index in [2.05, 4.69) is 11.6 Å². The van der Waals surface area contributed by atoms with Gasteiger partial charge < -0.3 is 9.84 Å². The van der Waals surface area contributed by atoms with Gasteiger partial charge in [-0.2, -0.15) is 0 Å². The lowest BCUT2D eigenvalue weighted by atomic mass is 10.1. The number of benzene rings is 2. The van der Waals surface area contributed by atoms with Crippen LogP contribution in [0.4, 0.5) is 5.69 Å². The lowest BCUT2D eigenvalue weighted by Gasteiger charge is -2.12. The lowest BCUT2D eigenvalue weighted by Crippen LogP contribution is -2.16. The second-order valence-electron chi connectivity index (χ2n) is 7.27. The van der Waals surface area contributed by atoms with Crippen LogP contribution in [0, 0.1) is 0 Å². The van der Waals surface area contributed by atoms with E-state index in [1.54, 1.807) is 24.3 Å². The Labute approximate surface area is 193 Å². The summed E-state index contributed by atoms with van der Waals surface area (Å²) in [6.07, 6.45) is 5.87. The van der Waals surface area contributed by atoms with Crippen LogP contribution in [0.25, 0.3) is 0 Å². The summed E-state index contributed by atoms with van der Waals surface area (Å²) in [5.41, 5.74) is 0.900. The molecular formula is C22H27Cl2NO5S. The molecule has 0 atom stereocenters. The molecule has 0 saturated carbocycles. The third-order valence-electron chi connectivity index (χ3n) is 4.53. The fourth-order valence-electron chi connectivity index (χ4n) is 3.00. The number of rotatable bonds is 13. The molecule has 0 saturated heterocycles. The van der Waals surface area contributed by atoms with Crippen molar-refractivity contribution in [2.45, 2.75) is 51.9 Å². The summed E-state index contributed by atoms with van der Waals surface area (Å²) < 4.78 is 32.8. The molecule has 2 N–H and O–H groups in total. The summed E-state index contributed by atoms with van der Waals surface area (Å²) in [4.78, 5) is 10.8. The molecule has 31 heavy (non-hydrogen) atoms. The molecule has 0 bridgehead atoms. The van der Waals surface area contributed by atoms with Crippen LogP contribution in [0.1, 0.15) is 51.0 Å². The molecule has 170 valence electrons. The molecule has 0 aliphatic carbocycles. The summed E-state index contributed by atoms with van der Waals surface area (Å²) in [7, 11) is -3.41. The van der Waals surface area contributed by atoms with Crippen molar-refractivity contribution in [2.24, 2.45) is 0 Å². The van der Waals surface area contributed by atoms with E-state index in [4.69, 9.17) is 33.0 Å². The van der Waals surface area contributed by atoms with Gasteiger partial charge in [-0.25, -0.2) is 8.42 Å². The van der Waals surface area contributed by atoms with Crippen LogP contribution >= 0.6 is 23.2 Å². The number of carboxylic acid groups (broad SMARTS) is 1. The van der Waals surface area contributed by atoms with Gasteiger partial charge in [0, 0.05) is 5.69 Å². The van der Waals surface area contributed by atoms with Crippen LogP contribution in [0.5, 0.6) is 11.5 Å². The van der Waals surface area contributed by atoms with Crippen LogP contribution in [-0.4, -0.2) is 25.2 Å². The van der Waals surface area contributed by atoms with Gasteiger partial charge in [0.25, 0.3) is 0 Å². The monoisotopic (exact) mass is 487 g/mol. The predicted octanol–water partition coefficient (Wildman–Crippen LogP) is 6.52. The number of ether oxygens (including phenoxy) is 1. The van der Waals surface area contributed by atoms with Crippen molar-refractivity contribution < 1.29 is 23.1 Å². The number of carboxylic acids is 1. The van der Waals surface area contributed by atoms with Crippen LogP contribution in [0.3, 0.4) is 0 Å². The number of unbranched alkanes of at least 4 members (excludes halogenated alkanes) is 5. The highest BCUT2D eigenvalue weighted by molar-refractivity contribution is 7.92. The minimum Gasteiger partial charge on any atom is -0.481 e. The SMILES string of the molecule is CCCCCCCCS(=O)(=O)Nc1ccc(Oc2c(Cl)cc(CC(=O)O)cc2Cl)cc1. The van der Waals surface area contributed by atoms with E-state index in [0.717, 1.165) is 25.7 Å². The zero-order valence-corrected chi connectivity index (χ0v) is 19.7. The van der Waals surface area contributed by atoms with Crippen molar-refractivity contribution in [3.63, 3.8) is 0 Å². The predicted molar refractivity (Wildman–Crippen MR) is 125 cm³/mol. The van der Waals surface area contributed by atoms with Crippen LogP contribution in [0.15, 0.2) is 36.4 Å². The van der Waals surface area contributed by atoms with Crippen molar-refractivity contribution in [1.29, 1.82) is 0 Å². The van der Waals surface area contributed by atoms with E-state index in [1.165, 1.54) is 18.6 Å². The number of hydrogen-bond acceptors (Lipinski definition) is 4. The number of halogens is 2. The molecular weight excluding hydrogens is 461 g/mol. The van der Waals surface area contributed by atoms with E-state index in [1.807, 2.05) is 0 Å². The zero-order chi connectivity index (χ0) is 22.9. The Kier molecular flexibility index (Phi) is 9.93. The topological polar surface area (TPSA) is 92.7 Å². The Balaban J connectivity index is 1.94. The highest BCUT2D eigenvalue weighted by Gasteiger charge is 2.14. The molecule has 6 nitrogen and oxygen atoms in total.